The molecule has 44 heavy (non-hydrogen) atoms. The lowest BCUT2D eigenvalue weighted by Crippen LogP contribution is -2.19. The summed E-state index contributed by atoms with van der Waals surface area (Å²) < 4.78 is 16.5. The number of ketones is 2. The molecule has 0 spiro atoms. The van der Waals surface area contributed by atoms with Crippen molar-refractivity contribution in [3.63, 3.8) is 0 Å². The maximum Gasteiger partial charge on any atom is 0.186 e. The second-order valence-electron chi connectivity index (χ2n) is 10.3. The van der Waals surface area contributed by atoms with Gasteiger partial charge in [0, 0.05) is 53.3 Å². The molecule has 0 bridgehead atoms. The summed E-state index contributed by atoms with van der Waals surface area (Å²) in [5.74, 6) is 1.10. The first-order valence-electron chi connectivity index (χ1n) is 14.7. The lowest BCUT2D eigenvalue weighted by molar-refractivity contribution is -0.113. The number of hydrogen-bond donors (Lipinski definition) is 1. The number of methoxy groups -OCH3 is 2. The number of carbonyl (C=O) groups is 2. The largest absolute Gasteiger partial charge is 0.493 e. The van der Waals surface area contributed by atoms with Crippen molar-refractivity contribution in [2.24, 2.45) is 0 Å². The van der Waals surface area contributed by atoms with Crippen LogP contribution in [0.25, 0.3) is 16.5 Å². The normalized spacial score (nSPS) is 12.8. The van der Waals surface area contributed by atoms with E-state index >= 15 is 0 Å². The molecule has 0 radical (unpaired) electrons. The smallest absolute Gasteiger partial charge is 0.186 e. The lowest BCUT2D eigenvalue weighted by atomic mass is 9.94. The molecule has 1 aromatic heterocycles. The molecule has 0 saturated heterocycles. The van der Waals surface area contributed by atoms with Crippen molar-refractivity contribution in [2.45, 2.75) is 26.2 Å². The first-order valence-corrected chi connectivity index (χ1v) is 14.7. The highest BCUT2D eigenvalue weighted by Gasteiger charge is 2.22. The van der Waals surface area contributed by atoms with Crippen LogP contribution in [-0.4, -0.2) is 55.5 Å². The molecule has 1 aliphatic carbocycles. The molecule has 4 aromatic rings. The highest BCUT2D eigenvalue weighted by molar-refractivity contribution is 6.34. The van der Waals surface area contributed by atoms with Crippen LogP contribution in [0, 0.1) is 0 Å². The Morgan fingerprint density at radius 1 is 0.864 bits per heavy atom. The summed E-state index contributed by atoms with van der Waals surface area (Å²) in [4.78, 5) is 36.8. The maximum atomic E-state index is 13.1. The number of rotatable bonds is 14. The number of hydrogen-bond acceptors (Lipinski definition) is 9. The Labute approximate surface area is 257 Å². The third-order valence-corrected chi connectivity index (χ3v) is 7.33. The van der Waals surface area contributed by atoms with Gasteiger partial charge in [0.05, 0.1) is 19.2 Å². The fraction of sp³-hybridized carbons (Fsp3) is 0.257. The van der Waals surface area contributed by atoms with E-state index < -0.39 is 0 Å². The molecule has 1 N–H and O–H groups in total. The van der Waals surface area contributed by atoms with Crippen LogP contribution < -0.4 is 19.7 Å². The van der Waals surface area contributed by atoms with Gasteiger partial charge in [-0.15, -0.1) is 0 Å². The van der Waals surface area contributed by atoms with Crippen LogP contribution in [0.3, 0.4) is 0 Å². The van der Waals surface area contributed by atoms with Crippen molar-refractivity contribution in [3.8, 4) is 11.5 Å². The molecular weight excluding hydrogens is 556 g/mol. The molecule has 0 aliphatic heterocycles. The van der Waals surface area contributed by atoms with E-state index in [2.05, 4.69) is 39.2 Å². The number of allylic oxidation sites excluding steroid dienone is 4. The second kappa shape index (κ2) is 14.4. The average Bonchev–Trinajstić information content (AvgIpc) is 3.05. The Kier molecular flexibility index (Phi) is 9.99. The Hall–Kier alpha value is -5.02. The van der Waals surface area contributed by atoms with Crippen LogP contribution >= 0.6 is 0 Å². The zero-order chi connectivity index (χ0) is 30.9. The molecule has 9 nitrogen and oxygen atoms in total. The monoisotopic (exact) mass is 592 g/mol. The van der Waals surface area contributed by atoms with E-state index in [4.69, 9.17) is 14.2 Å². The first kappa shape index (κ1) is 30.4. The van der Waals surface area contributed by atoms with Gasteiger partial charge in [0.2, 0.25) is 0 Å². The van der Waals surface area contributed by atoms with E-state index in [1.807, 2.05) is 42.5 Å². The van der Waals surface area contributed by atoms with Crippen molar-refractivity contribution in [1.29, 1.82) is 0 Å². The van der Waals surface area contributed by atoms with E-state index in [0.717, 1.165) is 37.2 Å². The average molecular weight is 593 g/mol. The third-order valence-electron chi connectivity index (χ3n) is 7.33. The Balaban J connectivity index is 1.59. The molecule has 0 fully saturated rings. The van der Waals surface area contributed by atoms with Gasteiger partial charge in [0.25, 0.3) is 0 Å². The van der Waals surface area contributed by atoms with Crippen LogP contribution in [0.15, 0.2) is 85.2 Å². The summed E-state index contributed by atoms with van der Waals surface area (Å²) in [5.41, 5.74) is 4.14. The standard InChI is InChI=1S/C35H36N4O5/c1-4-5-9-16-39(24-10-7-6-8-11-24)25-12-14-30(27(19-25)28-20-26(40)13-15-32(28)41)38-35-29-21-33(43-3)34(44-18-17-42-2)22-31(29)36-23-37-35/h6-8,10-15,19-23H,4-5,9,16-18H2,1-3H3,(H,36,37,38). The zero-order valence-electron chi connectivity index (χ0n) is 25.2. The predicted octanol–water partition coefficient (Wildman–Crippen LogP) is 6.83. The SMILES string of the molecule is CCCCCN(c1ccccc1)c1ccc(Nc2ncnc3cc(OCCOC)c(OC)cc23)c(C2=CC(=O)C=CC2=O)c1. The van der Waals surface area contributed by atoms with Crippen LogP contribution in [0.1, 0.15) is 31.7 Å². The first-order chi connectivity index (χ1) is 21.5. The maximum absolute atomic E-state index is 13.1. The van der Waals surface area contributed by atoms with Gasteiger partial charge in [-0.25, -0.2) is 9.97 Å². The van der Waals surface area contributed by atoms with Gasteiger partial charge in [0.1, 0.15) is 18.8 Å². The number of aromatic nitrogens is 2. The lowest BCUT2D eigenvalue weighted by Gasteiger charge is -2.27. The highest BCUT2D eigenvalue weighted by atomic mass is 16.5. The highest BCUT2D eigenvalue weighted by Crippen LogP contribution is 2.38. The molecule has 3 aromatic carbocycles. The van der Waals surface area contributed by atoms with Crippen molar-refractivity contribution < 1.29 is 23.8 Å². The summed E-state index contributed by atoms with van der Waals surface area (Å²) in [5, 5.41) is 4.11. The van der Waals surface area contributed by atoms with E-state index in [9.17, 15) is 9.59 Å². The molecule has 1 aliphatic rings. The quantitative estimate of drug-likeness (QED) is 0.125. The molecule has 0 atom stereocenters. The van der Waals surface area contributed by atoms with Gasteiger partial charge in [-0.05, 0) is 61.0 Å². The van der Waals surface area contributed by atoms with Gasteiger partial charge in [-0.2, -0.15) is 0 Å². The Bertz CT molecular complexity index is 1700. The molecular formula is C35H36N4O5. The number of nitrogens with zero attached hydrogens (tertiary/aromatic N) is 3. The summed E-state index contributed by atoms with van der Waals surface area (Å²) in [7, 11) is 3.19. The minimum atomic E-state index is -0.242. The topological polar surface area (TPSA) is 103 Å². The van der Waals surface area contributed by atoms with Gasteiger partial charge in [-0.1, -0.05) is 38.0 Å². The van der Waals surface area contributed by atoms with Crippen molar-refractivity contribution in [3.05, 3.63) is 90.8 Å². The summed E-state index contributed by atoms with van der Waals surface area (Å²) >= 11 is 0. The Morgan fingerprint density at radius 3 is 2.48 bits per heavy atom. The number of benzene rings is 3. The molecule has 226 valence electrons. The number of nitrogens with one attached hydrogen (secondary N) is 1. The number of para-hydroxylation sites is 1. The second-order valence-corrected chi connectivity index (χ2v) is 10.3. The summed E-state index contributed by atoms with van der Waals surface area (Å²) in [6.07, 6.45) is 8.68. The van der Waals surface area contributed by atoms with Gasteiger partial charge in [-0.3, -0.25) is 9.59 Å². The van der Waals surface area contributed by atoms with Crippen molar-refractivity contribution in [1.82, 2.24) is 9.97 Å². The number of carbonyl (C=O) groups excluding carboxylic acids is 2. The van der Waals surface area contributed by atoms with Crippen LogP contribution in [-0.2, 0) is 14.3 Å². The number of ether oxygens (including phenoxy) is 3. The molecule has 0 unspecified atom stereocenters. The van der Waals surface area contributed by atoms with E-state index in [-0.39, 0.29) is 11.6 Å². The van der Waals surface area contributed by atoms with Crippen molar-refractivity contribution in [2.75, 3.05) is 44.2 Å². The molecule has 9 heteroatoms. The van der Waals surface area contributed by atoms with Crippen molar-refractivity contribution >= 4 is 50.9 Å². The minimum Gasteiger partial charge on any atom is -0.493 e. The van der Waals surface area contributed by atoms with Crippen LogP contribution in [0.4, 0.5) is 22.9 Å². The van der Waals surface area contributed by atoms with Gasteiger partial charge in [0.15, 0.2) is 23.1 Å². The molecule has 5 rings (SSSR count). The predicted molar refractivity (Wildman–Crippen MR) is 173 cm³/mol. The fourth-order valence-electron chi connectivity index (χ4n) is 5.09. The fourth-order valence-corrected chi connectivity index (χ4v) is 5.09. The third kappa shape index (κ3) is 6.95. The van der Waals surface area contributed by atoms with E-state index in [0.29, 0.717) is 58.3 Å². The molecule has 0 saturated carbocycles. The number of unbranched alkanes of at least 4 members (excludes halogenated alkanes) is 2. The number of anilines is 4. The van der Waals surface area contributed by atoms with Gasteiger partial charge < -0.3 is 24.4 Å². The van der Waals surface area contributed by atoms with Crippen LogP contribution in [0.2, 0.25) is 0 Å². The summed E-state index contributed by atoms with van der Waals surface area (Å²) in [6.45, 7) is 3.78. The summed E-state index contributed by atoms with van der Waals surface area (Å²) in [6, 6.07) is 19.7. The van der Waals surface area contributed by atoms with E-state index in [1.54, 1.807) is 20.3 Å². The number of fused-ring (bicyclic) bond motifs is 1. The zero-order valence-corrected chi connectivity index (χ0v) is 25.2. The Morgan fingerprint density at radius 2 is 1.70 bits per heavy atom. The van der Waals surface area contributed by atoms with Gasteiger partial charge >= 0.3 is 0 Å². The van der Waals surface area contributed by atoms with E-state index in [1.165, 1.54) is 24.6 Å². The molecule has 0 amide bonds. The molecule has 1 heterocycles. The minimum absolute atomic E-state index is 0.239. The van der Waals surface area contributed by atoms with Crippen LogP contribution in [0.5, 0.6) is 11.5 Å².